The van der Waals surface area contributed by atoms with Crippen molar-refractivity contribution in [1.29, 1.82) is 0 Å². The van der Waals surface area contributed by atoms with E-state index in [2.05, 4.69) is 48.3 Å². The van der Waals surface area contributed by atoms with Gasteiger partial charge in [-0.05, 0) is 31.5 Å². The van der Waals surface area contributed by atoms with Gasteiger partial charge in [0, 0.05) is 24.0 Å². The zero-order valence-electron chi connectivity index (χ0n) is 13.2. The number of hydrogen-bond donors (Lipinski definition) is 1. The highest BCUT2D eigenvalue weighted by Gasteiger charge is 2.23. The lowest BCUT2D eigenvalue weighted by molar-refractivity contribution is 0.287. The summed E-state index contributed by atoms with van der Waals surface area (Å²) in [5.41, 5.74) is 2.36. The molecule has 1 aliphatic rings. The fraction of sp³-hybridized carbons (Fsp3) is 0.556. The number of nitrogens with one attached hydrogen (secondary N) is 1. The van der Waals surface area contributed by atoms with Crippen molar-refractivity contribution >= 4 is 11.0 Å². The first kappa shape index (κ1) is 14.6. The van der Waals surface area contributed by atoms with Gasteiger partial charge < -0.3 is 9.73 Å². The van der Waals surface area contributed by atoms with Gasteiger partial charge in [-0.1, -0.05) is 38.5 Å². The van der Waals surface area contributed by atoms with Gasteiger partial charge in [-0.2, -0.15) is 0 Å². The van der Waals surface area contributed by atoms with Crippen LogP contribution in [0.3, 0.4) is 0 Å². The predicted molar refractivity (Wildman–Crippen MR) is 87.3 cm³/mol. The predicted octanol–water partition coefficient (Wildman–Crippen LogP) is 3.77. The molecule has 1 aliphatic heterocycles. The lowest BCUT2D eigenvalue weighted by atomic mass is 10.1. The third-order valence-electron chi connectivity index (χ3n) is 4.65. The number of rotatable bonds is 6. The van der Waals surface area contributed by atoms with Gasteiger partial charge in [0.15, 0.2) is 0 Å². The molecule has 1 fully saturated rings. The average molecular weight is 286 g/mol. The molecule has 21 heavy (non-hydrogen) atoms. The molecule has 2 heterocycles. The lowest BCUT2D eigenvalue weighted by Gasteiger charge is -2.15. The molecule has 0 bridgehead atoms. The van der Waals surface area contributed by atoms with Crippen LogP contribution in [0.5, 0.6) is 0 Å². The van der Waals surface area contributed by atoms with E-state index in [9.17, 15) is 0 Å². The third kappa shape index (κ3) is 3.14. The minimum absolute atomic E-state index is 0.867. The van der Waals surface area contributed by atoms with Crippen molar-refractivity contribution in [2.45, 2.75) is 39.8 Å². The van der Waals surface area contributed by atoms with E-state index in [1.165, 1.54) is 36.9 Å². The summed E-state index contributed by atoms with van der Waals surface area (Å²) in [6, 6.07) is 8.40. The Morgan fingerprint density at radius 2 is 2.14 bits per heavy atom. The zero-order valence-corrected chi connectivity index (χ0v) is 13.2. The monoisotopic (exact) mass is 286 g/mol. The van der Waals surface area contributed by atoms with E-state index >= 15 is 0 Å². The molecule has 1 saturated heterocycles. The molecule has 1 aromatic heterocycles. The maximum absolute atomic E-state index is 6.15. The topological polar surface area (TPSA) is 28.4 Å². The lowest BCUT2D eigenvalue weighted by Crippen LogP contribution is -2.21. The van der Waals surface area contributed by atoms with E-state index in [1.54, 1.807) is 0 Å². The number of furan rings is 1. The highest BCUT2D eigenvalue weighted by atomic mass is 16.3. The highest BCUT2D eigenvalue weighted by Crippen LogP contribution is 2.29. The summed E-state index contributed by atoms with van der Waals surface area (Å²) in [5.74, 6) is 2.01. The standard InChI is InChI=1S/C18H26N2O/c1-3-14-9-10-20(12-14)13-18-16(11-19-4-2)15-7-5-6-8-17(15)21-18/h5-8,14,19H,3-4,9-13H2,1-2H3. The van der Waals surface area contributed by atoms with E-state index in [0.29, 0.717) is 0 Å². The number of nitrogens with zero attached hydrogens (tertiary/aromatic N) is 1. The van der Waals surface area contributed by atoms with Gasteiger partial charge in [-0.3, -0.25) is 4.90 Å². The first-order chi connectivity index (χ1) is 10.3. The second kappa shape index (κ2) is 6.63. The first-order valence-corrected chi connectivity index (χ1v) is 8.24. The molecule has 3 rings (SSSR count). The van der Waals surface area contributed by atoms with E-state index < -0.39 is 0 Å². The van der Waals surface area contributed by atoms with Crippen LogP contribution in [-0.4, -0.2) is 24.5 Å². The molecule has 0 amide bonds. The number of benzene rings is 1. The molecule has 2 aromatic rings. The summed E-state index contributed by atoms with van der Waals surface area (Å²) in [6.07, 6.45) is 2.63. The van der Waals surface area contributed by atoms with Crippen molar-refractivity contribution < 1.29 is 4.42 Å². The van der Waals surface area contributed by atoms with E-state index in [1.807, 2.05) is 0 Å². The summed E-state index contributed by atoms with van der Waals surface area (Å²) in [4.78, 5) is 2.54. The fourth-order valence-electron chi connectivity index (χ4n) is 3.31. The molecule has 0 radical (unpaired) electrons. The highest BCUT2D eigenvalue weighted by molar-refractivity contribution is 5.82. The molecule has 0 aliphatic carbocycles. The minimum Gasteiger partial charge on any atom is -0.459 e. The van der Waals surface area contributed by atoms with Crippen molar-refractivity contribution in [1.82, 2.24) is 10.2 Å². The fourth-order valence-corrected chi connectivity index (χ4v) is 3.31. The van der Waals surface area contributed by atoms with Gasteiger partial charge in [0.25, 0.3) is 0 Å². The molecule has 1 aromatic carbocycles. The van der Waals surface area contributed by atoms with Gasteiger partial charge in [-0.25, -0.2) is 0 Å². The van der Waals surface area contributed by atoms with Gasteiger partial charge in [0.2, 0.25) is 0 Å². The Hall–Kier alpha value is -1.32. The number of hydrogen-bond acceptors (Lipinski definition) is 3. The molecule has 3 heteroatoms. The molecule has 1 unspecified atom stereocenters. The first-order valence-electron chi connectivity index (χ1n) is 8.24. The Bertz CT molecular complexity index is 590. The smallest absolute Gasteiger partial charge is 0.134 e. The molecule has 0 saturated carbocycles. The van der Waals surface area contributed by atoms with Crippen molar-refractivity contribution in [2.75, 3.05) is 19.6 Å². The molecular weight excluding hydrogens is 260 g/mol. The molecule has 1 N–H and O–H groups in total. The average Bonchev–Trinajstić information content (AvgIpc) is 3.09. The van der Waals surface area contributed by atoms with Gasteiger partial charge in [-0.15, -0.1) is 0 Å². The number of para-hydroxylation sites is 1. The minimum atomic E-state index is 0.867. The summed E-state index contributed by atoms with van der Waals surface area (Å²) < 4.78 is 6.15. The Labute approximate surface area is 127 Å². The van der Waals surface area contributed by atoms with Gasteiger partial charge >= 0.3 is 0 Å². The summed E-state index contributed by atoms with van der Waals surface area (Å²) in [5, 5.41) is 4.71. The summed E-state index contributed by atoms with van der Waals surface area (Å²) in [6.45, 7) is 9.70. The number of likely N-dealkylation sites (tertiary alicyclic amines) is 1. The van der Waals surface area contributed by atoms with Crippen LogP contribution in [-0.2, 0) is 13.1 Å². The van der Waals surface area contributed by atoms with Crippen molar-refractivity contribution in [2.24, 2.45) is 5.92 Å². The second-order valence-corrected chi connectivity index (χ2v) is 6.08. The molecule has 0 spiro atoms. The molecule has 1 atom stereocenters. The summed E-state index contributed by atoms with van der Waals surface area (Å²) >= 11 is 0. The van der Waals surface area contributed by atoms with E-state index in [4.69, 9.17) is 4.42 Å². The molecular formula is C18H26N2O. The van der Waals surface area contributed by atoms with Crippen LogP contribution in [0.4, 0.5) is 0 Å². The van der Waals surface area contributed by atoms with Gasteiger partial charge in [0.1, 0.15) is 11.3 Å². The Kier molecular flexibility index (Phi) is 4.61. The van der Waals surface area contributed by atoms with Gasteiger partial charge in [0.05, 0.1) is 6.54 Å². The van der Waals surface area contributed by atoms with Crippen LogP contribution in [0, 0.1) is 5.92 Å². The Morgan fingerprint density at radius 1 is 1.29 bits per heavy atom. The normalized spacial score (nSPS) is 19.6. The van der Waals surface area contributed by atoms with Crippen LogP contribution in [0.2, 0.25) is 0 Å². The third-order valence-corrected chi connectivity index (χ3v) is 4.65. The van der Waals surface area contributed by atoms with E-state index in [-0.39, 0.29) is 0 Å². The van der Waals surface area contributed by atoms with Crippen LogP contribution < -0.4 is 5.32 Å². The maximum atomic E-state index is 6.15. The number of fused-ring (bicyclic) bond motifs is 1. The van der Waals surface area contributed by atoms with E-state index in [0.717, 1.165) is 36.9 Å². The Morgan fingerprint density at radius 3 is 2.90 bits per heavy atom. The van der Waals surface area contributed by atoms with Crippen LogP contribution in [0.15, 0.2) is 28.7 Å². The van der Waals surface area contributed by atoms with Crippen molar-refractivity contribution in [3.8, 4) is 0 Å². The largest absolute Gasteiger partial charge is 0.459 e. The van der Waals surface area contributed by atoms with Crippen molar-refractivity contribution in [3.63, 3.8) is 0 Å². The van der Waals surface area contributed by atoms with Crippen LogP contribution in [0.1, 0.15) is 38.0 Å². The quantitative estimate of drug-likeness (QED) is 0.876. The zero-order chi connectivity index (χ0) is 14.7. The molecule has 3 nitrogen and oxygen atoms in total. The maximum Gasteiger partial charge on any atom is 0.134 e. The SMILES string of the molecule is CCNCc1c(CN2CCC(CC)C2)oc2ccccc12. The van der Waals surface area contributed by atoms with Crippen LogP contribution in [0.25, 0.3) is 11.0 Å². The van der Waals surface area contributed by atoms with Crippen molar-refractivity contribution in [3.05, 3.63) is 35.6 Å². The second-order valence-electron chi connectivity index (χ2n) is 6.08. The van der Waals surface area contributed by atoms with Crippen LogP contribution >= 0.6 is 0 Å². The Balaban J connectivity index is 1.83. The molecule has 114 valence electrons. The summed E-state index contributed by atoms with van der Waals surface area (Å²) in [7, 11) is 0.